The number of benzene rings is 1. The maximum atomic E-state index is 11.9. The van der Waals surface area contributed by atoms with Crippen LogP contribution in [0.4, 0.5) is 28.6 Å². The molecule has 22 heavy (non-hydrogen) atoms. The molecule has 0 aromatic heterocycles. The molecule has 0 aliphatic heterocycles. The molecule has 0 saturated heterocycles. The maximum absolute atomic E-state index is 11.9. The SMILES string of the molecule is Cc1cc(Br)c([N+]#N)c([N+]([O-])=NC(C)(C)C)c1.F[B-](F)(F)F. The molecule has 0 radical (unpaired) electrons. The van der Waals surface area contributed by atoms with Crippen LogP contribution in [0.25, 0.3) is 4.98 Å². The molecule has 0 heterocycles. The van der Waals surface area contributed by atoms with E-state index in [1.807, 2.05) is 27.7 Å². The number of aryl methyl sites for hydroxylation is 1. The highest BCUT2D eigenvalue weighted by molar-refractivity contribution is 9.10. The third-order valence-electron chi connectivity index (χ3n) is 1.88. The molecule has 122 valence electrons. The van der Waals surface area contributed by atoms with Crippen molar-refractivity contribution in [3.8, 4) is 0 Å². The standard InChI is InChI=1S/C11H14BrN4O.BF4/c1-7-5-8(12)10(14-13)9(6-7)16(17)15-11(2,3)4;2-1(3,4)5/h5-6H,1-4H3;/q+1;-1. The minimum Gasteiger partial charge on any atom is -0.594 e. The molecular formula is C11H14BBrF4N4O. The number of diazo groups is 1. The summed E-state index contributed by atoms with van der Waals surface area (Å²) in [7, 11) is -6.00. The van der Waals surface area contributed by atoms with Crippen LogP contribution < -0.4 is 0 Å². The molecule has 0 fully saturated rings. The molecule has 1 aromatic rings. The predicted molar refractivity (Wildman–Crippen MR) is 79.3 cm³/mol. The van der Waals surface area contributed by atoms with Crippen molar-refractivity contribution in [2.75, 3.05) is 0 Å². The van der Waals surface area contributed by atoms with Crippen molar-refractivity contribution in [2.24, 2.45) is 5.11 Å². The lowest BCUT2D eigenvalue weighted by molar-refractivity contribution is -0.448. The van der Waals surface area contributed by atoms with E-state index in [1.54, 1.807) is 12.1 Å². The number of hydrogen-bond donors (Lipinski definition) is 0. The summed E-state index contributed by atoms with van der Waals surface area (Å²) in [6, 6.07) is 3.39. The average molecular weight is 385 g/mol. The summed E-state index contributed by atoms with van der Waals surface area (Å²) in [6.07, 6.45) is 0. The normalized spacial score (nSPS) is 12.3. The predicted octanol–water partition coefficient (Wildman–Crippen LogP) is 5.93. The Morgan fingerprint density at radius 3 is 2.09 bits per heavy atom. The van der Waals surface area contributed by atoms with Gasteiger partial charge in [0.25, 0.3) is 0 Å². The summed E-state index contributed by atoms with van der Waals surface area (Å²) in [4.78, 5) is 3.61. The second-order valence-electron chi connectivity index (χ2n) is 5.25. The summed E-state index contributed by atoms with van der Waals surface area (Å²) in [6.45, 7) is 7.30. The largest absolute Gasteiger partial charge is 0.673 e. The number of azo groups is 1. The van der Waals surface area contributed by atoms with E-state index in [1.165, 1.54) is 0 Å². The number of nitrogens with zero attached hydrogens (tertiary/aromatic N) is 4. The van der Waals surface area contributed by atoms with Gasteiger partial charge in [0.15, 0.2) is 4.98 Å². The Kier molecular flexibility index (Phi) is 6.95. The van der Waals surface area contributed by atoms with Crippen LogP contribution in [0.3, 0.4) is 0 Å². The molecule has 0 amide bonds. The summed E-state index contributed by atoms with van der Waals surface area (Å²) in [5.74, 6) is 0. The molecule has 0 unspecified atom stereocenters. The first-order valence-corrected chi connectivity index (χ1v) is 6.76. The molecule has 0 N–H and O–H groups in total. The van der Waals surface area contributed by atoms with Crippen LogP contribution in [0.15, 0.2) is 21.7 Å². The van der Waals surface area contributed by atoms with E-state index in [0.29, 0.717) is 9.33 Å². The molecule has 0 bridgehead atoms. The van der Waals surface area contributed by atoms with Gasteiger partial charge in [-0.2, -0.15) is 0 Å². The van der Waals surface area contributed by atoms with Crippen molar-refractivity contribution in [1.29, 1.82) is 5.39 Å². The van der Waals surface area contributed by atoms with Crippen molar-refractivity contribution in [3.63, 3.8) is 0 Å². The second kappa shape index (κ2) is 7.53. The Labute approximate surface area is 133 Å². The Balaban J connectivity index is 0.000000763. The van der Waals surface area contributed by atoms with Gasteiger partial charge in [-0.05, 0) is 65.2 Å². The van der Waals surface area contributed by atoms with Crippen molar-refractivity contribution >= 4 is 34.6 Å². The van der Waals surface area contributed by atoms with E-state index >= 15 is 0 Å². The van der Waals surface area contributed by atoms with Crippen molar-refractivity contribution in [2.45, 2.75) is 33.2 Å². The van der Waals surface area contributed by atoms with Crippen molar-refractivity contribution in [1.82, 2.24) is 0 Å². The van der Waals surface area contributed by atoms with E-state index in [2.05, 4.69) is 26.0 Å². The summed E-state index contributed by atoms with van der Waals surface area (Å²) < 4.78 is 39.6. The topological polar surface area (TPSA) is 66.6 Å². The molecule has 1 rings (SSSR count). The first-order chi connectivity index (χ1) is 9.74. The first-order valence-electron chi connectivity index (χ1n) is 5.97. The van der Waals surface area contributed by atoms with Gasteiger partial charge in [-0.1, -0.05) is 0 Å². The molecular weight excluding hydrogens is 371 g/mol. The van der Waals surface area contributed by atoms with Crippen LogP contribution in [0.5, 0.6) is 0 Å². The lowest BCUT2D eigenvalue weighted by atomic mass is 10.1. The van der Waals surface area contributed by atoms with Crippen LogP contribution in [0.1, 0.15) is 26.3 Å². The highest BCUT2D eigenvalue weighted by Crippen LogP contribution is 2.37. The number of rotatable bonds is 1. The second-order valence-corrected chi connectivity index (χ2v) is 6.11. The van der Waals surface area contributed by atoms with Gasteiger partial charge in [0.05, 0.1) is 0 Å². The van der Waals surface area contributed by atoms with Gasteiger partial charge in [0.1, 0.15) is 10.0 Å². The zero-order valence-corrected chi connectivity index (χ0v) is 13.9. The molecule has 0 aliphatic rings. The third kappa shape index (κ3) is 8.56. The maximum Gasteiger partial charge on any atom is 0.673 e. The van der Waals surface area contributed by atoms with E-state index in [4.69, 9.17) is 5.39 Å². The number of hydrogen-bond acceptors (Lipinski definition) is 3. The van der Waals surface area contributed by atoms with E-state index in [9.17, 15) is 22.5 Å². The molecule has 0 spiro atoms. The van der Waals surface area contributed by atoms with Crippen molar-refractivity contribution < 1.29 is 22.1 Å². The molecule has 0 aliphatic carbocycles. The summed E-state index contributed by atoms with van der Waals surface area (Å²) >= 11 is 3.25. The van der Waals surface area contributed by atoms with Crippen LogP contribution in [-0.2, 0) is 0 Å². The van der Waals surface area contributed by atoms with Gasteiger partial charge in [-0.25, -0.2) is 0 Å². The summed E-state index contributed by atoms with van der Waals surface area (Å²) in [5, 5.41) is 24.8. The highest BCUT2D eigenvalue weighted by atomic mass is 79.9. The smallest absolute Gasteiger partial charge is 0.594 e. The van der Waals surface area contributed by atoms with E-state index in [0.717, 1.165) is 5.56 Å². The lowest BCUT2D eigenvalue weighted by Gasteiger charge is -2.08. The zero-order chi connectivity index (χ0) is 17.7. The fraction of sp³-hybridized carbons (Fsp3) is 0.455. The Morgan fingerprint density at radius 1 is 1.27 bits per heavy atom. The van der Waals surface area contributed by atoms with Gasteiger partial charge in [0, 0.05) is 6.07 Å². The van der Waals surface area contributed by atoms with E-state index < -0.39 is 12.8 Å². The summed E-state index contributed by atoms with van der Waals surface area (Å²) in [5.41, 5.74) is 0.780. The van der Waals surface area contributed by atoms with Crippen LogP contribution in [0.2, 0.25) is 0 Å². The first kappa shape index (κ1) is 20.3. The average Bonchev–Trinajstić information content (AvgIpc) is 2.23. The fourth-order valence-corrected chi connectivity index (χ4v) is 1.93. The molecule has 11 heteroatoms. The van der Waals surface area contributed by atoms with Gasteiger partial charge < -0.3 is 22.5 Å². The molecule has 5 nitrogen and oxygen atoms in total. The van der Waals surface area contributed by atoms with Gasteiger partial charge in [0.2, 0.25) is 5.39 Å². The van der Waals surface area contributed by atoms with Crippen LogP contribution in [-0.4, -0.2) is 17.7 Å². The van der Waals surface area contributed by atoms with Crippen molar-refractivity contribution in [3.05, 3.63) is 32.4 Å². The van der Waals surface area contributed by atoms with Gasteiger partial charge in [-0.15, -0.1) is 0 Å². The Morgan fingerprint density at radius 2 is 1.73 bits per heavy atom. The van der Waals surface area contributed by atoms with Crippen LogP contribution in [0, 0.1) is 17.5 Å². The lowest BCUT2D eigenvalue weighted by Crippen LogP contribution is -2.13. The Bertz CT molecular complexity index is 602. The fourth-order valence-electron chi connectivity index (χ4n) is 1.29. The van der Waals surface area contributed by atoms with Gasteiger partial charge in [-0.3, -0.25) is 0 Å². The molecule has 0 saturated carbocycles. The third-order valence-corrected chi connectivity index (χ3v) is 2.49. The quantitative estimate of drug-likeness (QED) is 0.150. The monoisotopic (exact) mass is 384 g/mol. The highest BCUT2D eigenvalue weighted by Gasteiger charge is 2.28. The minimum atomic E-state index is -6.00. The minimum absolute atomic E-state index is 0.179. The molecule has 0 atom stereocenters. The molecule has 1 aromatic carbocycles. The van der Waals surface area contributed by atoms with Crippen LogP contribution >= 0.6 is 15.9 Å². The number of halogens is 5. The van der Waals surface area contributed by atoms with Gasteiger partial charge >= 0.3 is 18.6 Å². The van der Waals surface area contributed by atoms with E-state index in [-0.39, 0.29) is 11.4 Å². The zero-order valence-electron chi connectivity index (χ0n) is 12.3. The Hall–Kier alpha value is -1.70.